The van der Waals surface area contributed by atoms with Crippen LogP contribution in [0.1, 0.15) is 0 Å². The lowest BCUT2D eigenvalue weighted by molar-refractivity contribution is -0.141. The molecule has 0 aliphatic rings. The Kier molecular flexibility index (Phi) is 4.81. The second-order valence-corrected chi connectivity index (χ2v) is 3.36. The number of benzene rings is 1. The van der Waals surface area contributed by atoms with Crippen LogP contribution in [0.5, 0.6) is 5.75 Å². The zero-order valence-electron chi connectivity index (χ0n) is 9.20. The topological polar surface area (TPSA) is 29.5 Å². The van der Waals surface area contributed by atoms with Crippen molar-refractivity contribution in [1.29, 1.82) is 0 Å². The third kappa shape index (κ3) is 4.34. The summed E-state index contributed by atoms with van der Waals surface area (Å²) in [4.78, 5) is 11.7. The largest absolute Gasteiger partial charge is 0.492 e. The molecule has 0 heterocycles. The summed E-state index contributed by atoms with van der Waals surface area (Å²) in [5, 5.41) is 0. The number of hydrogen-bond donors (Lipinski definition) is 0. The SMILES string of the molecule is CN(CCOc1ccc(F)cc1)C(=O)C(F)F. The van der Waals surface area contributed by atoms with Crippen molar-refractivity contribution >= 4 is 5.91 Å². The van der Waals surface area contributed by atoms with Crippen LogP contribution in [-0.2, 0) is 4.79 Å². The van der Waals surface area contributed by atoms with Gasteiger partial charge in [-0.05, 0) is 24.3 Å². The normalized spacial score (nSPS) is 10.4. The lowest BCUT2D eigenvalue weighted by Gasteiger charge is -2.16. The van der Waals surface area contributed by atoms with Gasteiger partial charge in [-0.1, -0.05) is 0 Å². The fourth-order valence-corrected chi connectivity index (χ4v) is 1.11. The molecule has 3 nitrogen and oxygen atoms in total. The molecule has 0 bridgehead atoms. The standard InChI is InChI=1S/C11H12F3NO2/c1-15(11(16)10(13)14)6-7-17-9-4-2-8(12)3-5-9/h2-5,10H,6-7H2,1H3. The summed E-state index contributed by atoms with van der Waals surface area (Å²) in [5.41, 5.74) is 0. The van der Waals surface area contributed by atoms with Gasteiger partial charge in [-0.15, -0.1) is 0 Å². The Morgan fingerprint density at radius 3 is 2.47 bits per heavy atom. The highest BCUT2D eigenvalue weighted by Crippen LogP contribution is 2.10. The van der Waals surface area contributed by atoms with Gasteiger partial charge in [0.2, 0.25) is 0 Å². The highest BCUT2D eigenvalue weighted by Gasteiger charge is 2.19. The van der Waals surface area contributed by atoms with E-state index in [4.69, 9.17) is 4.74 Å². The van der Waals surface area contributed by atoms with Crippen molar-refractivity contribution in [2.45, 2.75) is 6.43 Å². The fourth-order valence-electron chi connectivity index (χ4n) is 1.11. The van der Waals surface area contributed by atoms with Crippen molar-refractivity contribution in [2.24, 2.45) is 0 Å². The average molecular weight is 247 g/mol. The molecule has 6 heteroatoms. The highest BCUT2D eigenvalue weighted by atomic mass is 19.3. The van der Waals surface area contributed by atoms with Gasteiger partial charge in [0.05, 0.1) is 6.54 Å². The quantitative estimate of drug-likeness (QED) is 0.795. The summed E-state index contributed by atoms with van der Waals surface area (Å²) in [6.45, 7) is 0.112. The van der Waals surface area contributed by atoms with Crippen LogP contribution in [0.3, 0.4) is 0 Å². The number of carbonyl (C=O) groups is 1. The van der Waals surface area contributed by atoms with Crippen LogP contribution < -0.4 is 4.74 Å². The van der Waals surface area contributed by atoms with E-state index in [-0.39, 0.29) is 19.0 Å². The van der Waals surface area contributed by atoms with Gasteiger partial charge in [0, 0.05) is 7.05 Å². The fraction of sp³-hybridized carbons (Fsp3) is 0.364. The van der Waals surface area contributed by atoms with Gasteiger partial charge in [-0.3, -0.25) is 4.79 Å². The molecule has 17 heavy (non-hydrogen) atoms. The molecule has 1 aromatic rings. The van der Waals surface area contributed by atoms with E-state index >= 15 is 0 Å². The summed E-state index contributed by atoms with van der Waals surface area (Å²) in [5.74, 6) is -1.21. The molecule has 0 fully saturated rings. The molecule has 0 N–H and O–H groups in total. The van der Waals surface area contributed by atoms with Gasteiger partial charge in [0.1, 0.15) is 18.2 Å². The Hall–Kier alpha value is -1.72. The predicted octanol–water partition coefficient (Wildman–Crippen LogP) is 1.93. The maximum absolute atomic E-state index is 12.5. The Morgan fingerprint density at radius 1 is 1.35 bits per heavy atom. The summed E-state index contributed by atoms with van der Waals surface area (Å²) in [6, 6.07) is 5.29. The summed E-state index contributed by atoms with van der Waals surface area (Å²) in [7, 11) is 1.27. The molecule has 0 aliphatic carbocycles. The number of nitrogens with zero attached hydrogens (tertiary/aromatic N) is 1. The van der Waals surface area contributed by atoms with E-state index in [2.05, 4.69) is 0 Å². The lowest BCUT2D eigenvalue weighted by Crippen LogP contribution is -2.35. The number of carbonyl (C=O) groups excluding carboxylic acids is 1. The maximum atomic E-state index is 12.5. The van der Waals surface area contributed by atoms with Crippen molar-refractivity contribution in [3.63, 3.8) is 0 Å². The molecular formula is C11H12F3NO2. The van der Waals surface area contributed by atoms with E-state index < -0.39 is 12.3 Å². The zero-order chi connectivity index (χ0) is 12.8. The minimum Gasteiger partial charge on any atom is -0.492 e. The third-order valence-electron chi connectivity index (χ3n) is 2.07. The molecule has 0 radical (unpaired) electrons. The van der Waals surface area contributed by atoms with Gasteiger partial charge >= 0.3 is 6.43 Å². The smallest absolute Gasteiger partial charge is 0.315 e. The van der Waals surface area contributed by atoms with Crippen LogP contribution in [0.4, 0.5) is 13.2 Å². The molecule has 0 atom stereocenters. The van der Waals surface area contributed by atoms with Crippen LogP contribution in [0.2, 0.25) is 0 Å². The molecule has 1 amide bonds. The summed E-state index contributed by atoms with van der Waals surface area (Å²) in [6.07, 6.45) is -3.01. The first-order chi connectivity index (χ1) is 8.00. The van der Waals surface area contributed by atoms with E-state index in [9.17, 15) is 18.0 Å². The van der Waals surface area contributed by atoms with Crippen molar-refractivity contribution < 1.29 is 22.7 Å². The molecule has 94 valence electrons. The first-order valence-corrected chi connectivity index (χ1v) is 4.92. The van der Waals surface area contributed by atoms with Crippen LogP contribution in [0.15, 0.2) is 24.3 Å². The van der Waals surface area contributed by atoms with E-state index in [1.807, 2.05) is 0 Å². The summed E-state index contributed by atoms with van der Waals surface area (Å²) >= 11 is 0. The van der Waals surface area contributed by atoms with Crippen molar-refractivity contribution in [2.75, 3.05) is 20.2 Å². The van der Waals surface area contributed by atoms with Crippen LogP contribution in [0, 0.1) is 5.82 Å². The van der Waals surface area contributed by atoms with Gasteiger partial charge in [-0.2, -0.15) is 8.78 Å². The van der Waals surface area contributed by atoms with E-state index in [0.29, 0.717) is 5.75 Å². The van der Waals surface area contributed by atoms with Crippen LogP contribution >= 0.6 is 0 Å². The maximum Gasteiger partial charge on any atom is 0.315 e. The van der Waals surface area contributed by atoms with Gasteiger partial charge in [0.15, 0.2) is 0 Å². The predicted molar refractivity (Wildman–Crippen MR) is 55.5 cm³/mol. The Labute approximate surface area is 96.8 Å². The van der Waals surface area contributed by atoms with E-state index in [1.54, 1.807) is 0 Å². The van der Waals surface area contributed by atoms with Crippen molar-refractivity contribution in [3.05, 3.63) is 30.1 Å². The first-order valence-electron chi connectivity index (χ1n) is 4.92. The molecular weight excluding hydrogens is 235 g/mol. The Balaban J connectivity index is 2.33. The minimum absolute atomic E-state index is 0.0422. The van der Waals surface area contributed by atoms with E-state index in [0.717, 1.165) is 4.90 Å². The lowest BCUT2D eigenvalue weighted by atomic mass is 10.3. The number of ether oxygens (including phenoxy) is 1. The highest BCUT2D eigenvalue weighted by molar-refractivity contribution is 5.78. The molecule has 0 aliphatic heterocycles. The minimum atomic E-state index is -3.01. The second-order valence-electron chi connectivity index (χ2n) is 3.36. The molecule has 0 spiro atoms. The number of halogens is 3. The number of rotatable bonds is 5. The monoisotopic (exact) mass is 247 g/mol. The molecule has 0 saturated carbocycles. The number of hydrogen-bond acceptors (Lipinski definition) is 2. The first kappa shape index (κ1) is 13.3. The average Bonchev–Trinajstić information content (AvgIpc) is 2.30. The summed E-state index contributed by atoms with van der Waals surface area (Å²) < 4.78 is 41.7. The van der Waals surface area contributed by atoms with Gasteiger partial charge < -0.3 is 9.64 Å². The van der Waals surface area contributed by atoms with E-state index in [1.165, 1.54) is 31.3 Å². The third-order valence-corrected chi connectivity index (χ3v) is 2.07. The molecule has 0 saturated heterocycles. The molecule has 1 aromatic carbocycles. The second kappa shape index (κ2) is 6.12. The molecule has 0 aromatic heterocycles. The number of alkyl halides is 2. The zero-order valence-corrected chi connectivity index (χ0v) is 9.20. The molecule has 0 unspecified atom stereocenters. The number of amides is 1. The van der Waals surface area contributed by atoms with Crippen LogP contribution in [0.25, 0.3) is 0 Å². The number of likely N-dealkylation sites (N-methyl/N-ethyl adjacent to an activating group) is 1. The van der Waals surface area contributed by atoms with Crippen molar-refractivity contribution in [3.8, 4) is 5.75 Å². The van der Waals surface area contributed by atoms with Gasteiger partial charge in [-0.25, -0.2) is 4.39 Å². The van der Waals surface area contributed by atoms with Crippen molar-refractivity contribution in [1.82, 2.24) is 4.90 Å². The molecule has 1 rings (SSSR count). The Bertz CT molecular complexity index is 367. The Morgan fingerprint density at radius 2 is 1.94 bits per heavy atom. The van der Waals surface area contributed by atoms with Gasteiger partial charge in [0.25, 0.3) is 5.91 Å². The van der Waals surface area contributed by atoms with Crippen LogP contribution in [-0.4, -0.2) is 37.4 Å².